The van der Waals surface area contributed by atoms with Crippen molar-refractivity contribution in [2.75, 3.05) is 37.1 Å². The van der Waals surface area contributed by atoms with E-state index in [1.807, 2.05) is 6.07 Å². The lowest BCUT2D eigenvalue weighted by molar-refractivity contribution is -0.118. The number of ether oxygens (including phenoxy) is 3. The minimum Gasteiger partial charge on any atom is -0.490 e. The molecule has 11 heteroatoms. The third-order valence-electron chi connectivity index (χ3n) is 4.55. The topological polar surface area (TPSA) is 175 Å². The standard InChI is InChI=1S/C23H22N6O5/c1-3-33-18-10-13(20-15(11-24)21(25)29-23(26)28-20)8-9-17(18)34-12-19(30)27-16-7-5-4-6-14(16)22(31)32-2/h4-10H,3,12H2,1-2H3,(H,27,30)(H4,25,26,28,29). The first kappa shape index (κ1) is 23.8. The van der Waals surface area contributed by atoms with E-state index in [2.05, 4.69) is 15.3 Å². The molecule has 0 bridgehead atoms. The lowest BCUT2D eigenvalue weighted by atomic mass is 10.1. The number of benzene rings is 2. The maximum atomic E-state index is 12.5. The molecule has 0 unspecified atom stereocenters. The Morgan fingerprint density at radius 1 is 1.09 bits per heavy atom. The molecule has 1 amide bonds. The fraction of sp³-hybridized carbons (Fsp3) is 0.174. The molecule has 0 aliphatic rings. The van der Waals surface area contributed by atoms with Crippen LogP contribution < -0.4 is 26.3 Å². The number of nitrogens with two attached hydrogens (primary N) is 2. The quantitative estimate of drug-likeness (QED) is 0.421. The molecule has 2 aromatic carbocycles. The molecule has 0 atom stereocenters. The van der Waals surface area contributed by atoms with Crippen LogP contribution in [0, 0.1) is 11.3 Å². The van der Waals surface area contributed by atoms with Crippen LogP contribution in [0.2, 0.25) is 0 Å². The van der Waals surface area contributed by atoms with E-state index >= 15 is 0 Å². The van der Waals surface area contributed by atoms with Crippen molar-refractivity contribution >= 4 is 29.3 Å². The first-order valence-corrected chi connectivity index (χ1v) is 10.1. The van der Waals surface area contributed by atoms with Gasteiger partial charge < -0.3 is 31.0 Å². The molecule has 3 rings (SSSR count). The van der Waals surface area contributed by atoms with Crippen molar-refractivity contribution < 1.29 is 23.8 Å². The summed E-state index contributed by atoms with van der Waals surface area (Å²) in [5, 5.41) is 12.1. The van der Waals surface area contributed by atoms with Gasteiger partial charge in [-0.25, -0.2) is 9.78 Å². The van der Waals surface area contributed by atoms with Gasteiger partial charge in [-0.05, 0) is 37.3 Å². The van der Waals surface area contributed by atoms with E-state index in [0.29, 0.717) is 23.6 Å². The Hall–Kier alpha value is -4.85. The van der Waals surface area contributed by atoms with E-state index in [-0.39, 0.29) is 40.9 Å². The van der Waals surface area contributed by atoms with Crippen LogP contribution in [0.4, 0.5) is 17.5 Å². The monoisotopic (exact) mass is 462 g/mol. The van der Waals surface area contributed by atoms with Crippen molar-refractivity contribution in [2.45, 2.75) is 6.92 Å². The van der Waals surface area contributed by atoms with Crippen molar-refractivity contribution in [1.29, 1.82) is 5.26 Å². The summed E-state index contributed by atoms with van der Waals surface area (Å²) in [5.41, 5.74) is 12.8. The third-order valence-corrected chi connectivity index (χ3v) is 4.55. The van der Waals surface area contributed by atoms with E-state index in [9.17, 15) is 14.9 Å². The number of nitrogens with one attached hydrogen (secondary N) is 1. The van der Waals surface area contributed by atoms with Gasteiger partial charge in [-0.15, -0.1) is 0 Å². The fourth-order valence-corrected chi connectivity index (χ4v) is 3.07. The minimum atomic E-state index is -0.575. The number of anilines is 3. The minimum absolute atomic E-state index is 0.0350. The van der Waals surface area contributed by atoms with Gasteiger partial charge in [-0.1, -0.05) is 12.1 Å². The Kier molecular flexibility index (Phi) is 7.45. The predicted octanol–water partition coefficient (Wildman–Crippen LogP) is 2.38. The number of carbonyl (C=O) groups excluding carboxylic acids is 2. The predicted molar refractivity (Wildman–Crippen MR) is 124 cm³/mol. The molecule has 174 valence electrons. The molecular formula is C23H22N6O5. The van der Waals surface area contributed by atoms with Crippen molar-refractivity contribution in [3.63, 3.8) is 0 Å². The second-order valence-corrected chi connectivity index (χ2v) is 6.77. The zero-order valence-electron chi connectivity index (χ0n) is 18.5. The molecule has 0 spiro atoms. The van der Waals surface area contributed by atoms with Gasteiger partial charge in [-0.2, -0.15) is 10.2 Å². The third kappa shape index (κ3) is 5.31. The van der Waals surface area contributed by atoms with Crippen LogP contribution in [0.5, 0.6) is 11.5 Å². The number of amides is 1. The molecule has 0 saturated heterocycles. The van der Waals surface area contributed by atoms with Gasteiger partial charge in [0.05, 0.1) is 30.7 Å². The molecular weight excluding hydrogens is 440 g/mol. The van der Waals surface area contributed by atoms with E-state index < -0.39 is 11.9 Å². The molecule has 0 radical (unpaired) electrons. The molecule has 3 aromatic rings. The summed E-state index contributed by atoms with van der Waals surface area (Å²) in [6, 6.07) is 13.2. The van der Waals surface area contributed by atoms with E-state index in [0.717, 1.165) is 0 Å². The largest absolute Gasteiger partial charge is 0.490 e. The SMILES string of the molecule is CCOc1cc(-c2nc(N)nc(N)c2C#N)ccc1OCC(=O)Nc1ccccc1C(=O)OC. The first-order chi connectivity index (χ1) is 16.4. The van der Waals surface area contributed by atoms with Crippen LogP contribution in [-0.4, -0.2) is 42.2 Å². The van der Waals surface area contributed by atoms with E-state index in [1.54, 1.807) is 43.3 Å². The highest BCUT2D eigenvalue weighted by Crippen LogP contribution is 2.34. The van der Waals surface area contributed by atoms with Crippen LogP contribution >= 0.6 is 0 Å². The zero-order chi connectivity index (χ0) is 24.7. The first-order valence-electron chi connectivity index (χ1n) is 10.1. The number of aromatic nitrogens is 2. The zero-order valence-corrected chi connectivity index (χ0v) is 18.5. The average molecular weight is 462 g/mol. The van der Waals surface area contributed by atoms with Crippen LogP contribution in [0.15, 0.2) is 42.5 Å². The van der Waals surface area contributed by atoms with Gasteiger partial charge in [0.15, 0.2) is 18.1 Å². The highest BCUT2D eigenvalue weighted by Gasteiger charge is 2.17. The number of nitrogens with zero attached hydrogens (tertiary/aromatic N) is 3. The summed E-state index contributed by atoms with van der Waals surface area (Å²) in [4.78, 5) is 32.3. The van der Waals surface area contributed by atoms with Crippen LogP contribution in [-0.2, 0) is 9.53 Å². The molecule has 0 fully saturated rings. The maximum absolute atomic E-state index is 12.5. The Balaban J connectivity index is 1.81. The molecule has 1 aromatic heterocycles. The van der Waals surface area contributed by atoms with Crippen LogP contribution in [0.3, 0.4) is 0 Å². The molecule has 5 N–H and O–H groups in total. The second-order valence-electron chi connectivity index (χ2n) is 6.77. The van der Waals surface area contributed by atoms with Gasteiger partial charge in [0, 0.05) is 5.56 Å². The second kappa shape index (κ2) is 10.6. The lowest BCUT2D eigenvalue weighted by Crippen LogP contribution is -2.22. The van der Waals surface area contributed by atoms with Gasteiger partial charge in [0.1, 0.15) is 17.5 Å². The molecule has 0 aliphatic carbocycles. The Labute approximate surface area is 195 Å². The molecule has 1 heterocycles. The van der Waals surface area contributed by atoms with Crippen LogP contribution in [0.25, 0.3) is 11.3 Å². The Morgan fingerprint density at radius 3 is 2.56 bits per heavy atom. The van der Waals surface area contributed by atoms with Crippen molar-refractivity contribution in [3.05, 3.63) is 53.6 Å². The molecule has 0 aliphatic heterocycles. The maximum Gasteiger partial charge on any atom is 0.339 e. The molecule has 11 nitrogen and oxygen atoms in total. The van der Waals surface area contributed by atoms with Gasteiger partial charge in [-0.3, -0.25) is 4.79 Å². The number of hydrogen-bond donors (Lipinski definition) is 3. The van der Waals surface area contributed by atoms with Gasteiger partial charge in [0.25, 0.3) is 5.91 Å². The smallest absolute Gasteiger partial charge is 0.339 e. The van der Waals surface area contributed by atoms with E-state index in [1.165, 1.54) is 13.2 Å². The Bertz CT molecular complexity index is 1270. The summed E-state index contributed by atoms with van der Waals surface area (Å²) in [5.74, 6) is -0.571. The number of para-hydroxylation sites is 1. The number of esters is 1. The number of hydrogen-bond acceptors (Lipinski definition) is 10. The highest BCUT2D eigenvalue weighted by atomic mass is 16.5. The number of methoxy groups -OCH3 is 1. The summed E-state index contributed by atoms with van der Waals surface area (Å²) in [6.07, 6.45) is 0. The normalized spacial score (nSPS) is 10.1. The summed E-state index contributed by atoms with van der Waals surface area (Å²) in [7, 11) is 1.26. The van der Waals surface area contributed by atoms with Gasteiger partial charge in [0.2, 0.25) is 5.95 Å². The Morgan fingerprint density at radius 2 is 1.85 bits per heavy atom. The molecule has 34 heavy (non-hydrogen) atoms. The number of nitrogen functional groups attached to an aromatic ring is 2. The molecule has 0 saturated carbocycles. The van der Waals surface area contributed by atoms with E-state index in [4.69, 9.17) is 25.7 Å². The highest BCUT2D eigenvalue weighted by molar-refractivity contribution is 6.01. The summed E-state index contributed by atoms with van der Waals surface area (Å²) >= 11 is 0. The van der Waals surface area contributed by atoms with Crippen molar-refractivity contribution in [2.24, 2.45) is 0 Å². The lowest BCUT2D eigenvalue weighted by Gasteiger charge is -2.14. The van der Waals surface area contributed by atoms with Crippen molar-refractivity contribution in [1.82, 2.24) is 9.97 Å². The fourth-order valence-electron chi connectivity index (χ4n) is 3.07. The number of rotatable bonds is 8. The van der Waals surface area contributed by atoms with Gasteiger partial charge >= 0.3 is 5.97 Å². The summed E-state index contributed by atoms with van der Waals surface area (Å²) in [6.45, 7) is 1.75. The van der Waals surface area contributed by atoms with Crippen molar-refractivity contribution in [3.8, 4) is 28.8 Å². The summed E-state index contributed by atoms with van der Waals surface area (Å²) < 4.78 is 16.0. The average Bonchev–Trinajstić information content (AvgIpc) is 2.83. The van der Waals surface area contributed by atoms with Crippen LogP contribution in [0.1, 0.15) is 22.8 Å². The number of carbonyl (C=O) groups is 2. The number of nitriles is 1.